The summed E-state index contributed by atoms with van der Waals surface area (Å²) in [5.41, 5.74) is 0.996. The Morgan fingerprint density at radius 3 is 3.00 bits per heavy atom. The minimum absolute atomic E-state index is 0.379. The van der Waals surface area contributed by atoms with E-state index in [4.69, 9.17) is 5.11 Å². The van der Waals surface area contributed by atoms with Gasteiger partial charge in [-0.15, -0.1) is 10.2 Å². The van der Waals surface area contributed by atoms with Gasteiger partial charge in [-0.25, -0.2) is 9.18 Å². The van der Waals surface area contributed by atoms with Gasteiger partial charge in [-0.1, -0.05) is 6.07 Å². The van der Waals surface area contributed by atoms with Crippen molar-refractivity contribution in [3.63, 3.8) is 0 Å². The van der Waals surface area contributed by atoms with Crippen LogP contribution in [0.2, 0.25) is 0 Å². The third-order valence-electron chi connectivity index (χ3n) is 3.37. The second-order valence-corrected chi connectivity index (χ2v) is 4.74. The summed E-state index contributed by atoms with van der Waals surface area (Å²) in [6, 6.07) is 4.67. The number of aliphatic carboxylic acids is 1. The van der Waals surface area contributed by atoms with Crippen LogP contribution in [0.15, 0.2) is 30.6 Å². The maximum absolute atomic E-state index is 14.2. The van der Waals surface area contributed by atoms with E-state index in [1.165, 1.54) is 12.1 Å². The van der Waals surface area contributed by atoms with Crippen LogP contribution in [0, 0.1) is 5.82 Å². The summed E-state index contributed by atoms with van der Waals surface area (Å²) in [6.45, 7) is 1.88. The summed E-state index contributed by atoms with van der Waals surface area (Å²) < 4.78 is 16.1. The minimum atomic E-state index is -1.06. The van der Waals surface area contributed by atoms with Gasteiger partial charge < -0.3 is 14.6 Å². The maximum atomic E-state index is 14.2. The Morgan fingerprint density at radius 1 is 1.38 bits per heavy atom. The molecule has 1 aromatic carbocycles. The second kappa shape index (κ2) is 5.35. The fourth-order valence-corrected chi connectivity index (χ4v) is 2.32. The molecule has 6 nitrogen and oxygen atoms in total. The molecule has 0 atom stereocenters. The number of benzene rings is 1. The van der Waals surface area contributed by atoms with Crippen molar-refractivity contribution in [2.75, 3.05) is 11.4 Å². The standard InChI is InChI=1S/C14H13FN4O2/c15-11-7-10(2-4-14(20)21)1-3-12(11)18-5-6-19-9-16-17-13(19)8-18/h1-4,7,9H,5-6,8H2,(H,20,21). The summed E-state index contributed by atoms with van der Waals surface area (Å²) in [5, 5.41) is 16.4. The third-order valence-corrected chi connectivity index (χ3v) is 3.37. The lowest BCUT2D eigenvalue weighted by molar-refractivity contribution is -0.131. The molecule has 3 rings (SSSR count). The van der Waals surface area contributed by atoms with E-state index >= 15 is 0 Å². The van der Waals surface area contributed by atoms with Gasteiger partial charge in [0.2, 0.25) is 0 Å². The van der Waals surface area contributed by atoms with Gasteiger partial charge in [0.25, 0.3) is 0 Å². The Hall–Kier alpha value is -2.70. The highest BCUT2D eigenvalue weighted by Gasteiger charge is 2.20. The van der Waals surface area contributed by atoms with Crippen LogP contribution in [-0.2, 0) is 17.9 Å². The largest absolute Gasteiger partial charge is 0.478 e. The van der Waals surface area contributed by atoms with Crippen molar-refractivity contribution in [2.24, 2.45) is 0 Å². The Morgan fingerprint density at radius 2 is 2.24 bits per heavy atom. The normalized spacial score (nSPS) is 14.4. The number of hydrogen-bond donors (Lipinski definition) is 1. The Labute approximate surface area is 120 Å². The predicted molar refractivity (Wildman–Crippen MR) is 74.1 cm³/mol. The van der Waals surface area contributed by atoms with E-state index < -0.39 is 5.97 Å². The molecular formula is C14H13FN4O2. The molecule has 108 valence electrons. The first-order valence-electron chi connectivity index (χ1n) is 6.45. The number of aromatic nitrogens is 3. The van der Waals surface area contributed by atoms with Crippen LogP contribution in [0.3, 0.4) is 0 Å². The quantitative estimate of drug-likeness (QED) is 0.867. The zero-order valence-corrected chi connectivity index (χ0v) is 11.1. The maximum Gasteiger partial charge on any atom is 0.328 e. The van der Waals surface area contributed by atoms with Crippen molar-refractivity contribution >= 4 is 17.7 Å². The number of carboxylic acids is 1. The molecule has 0 bridgehead atoms. The summed E-state index contributed by atoms with van der Waals surface area (Å²) in [4.78, 5) is 12.4. The van der Waals surface area contributed by atoms with Crippen LogP contribution in [0.1, 0.15) is 11.4 Å². The van der Waals surface area contributed by atoms with Crippen LogP contribution in [0.5, 0.6) is 0 Å². The number of carboxylic acid groups (broad SMARTS) is 1. The van der Waals surface area contributed by atoms with Gasteiger partial charge in [-0.3, -0.25) is 0 Å². The predicted octanol–water partition coefficient (Wildman–Crippen LogP) is 1.54. The number of hydrogen-bond acceptors (Lipinski definition) is 4. The highest BCUT2D eigenvalue weighted by Crippen LogP contribution is 2.24. The SMILES string of the molecule is O=C(O)C=Cc1ccc(N2CCn3cnnc3C2)c(F)c1. The minimum Gasteiger partial charge on any atom is -0.478 e. The van der Waals surface area contributed by atoms with Gasteiger partial charge in [0.1, 0.15) is 12.1 Å². The van der Waals surface area contributed by atoms with Crippen molar-refractivity contribution in [1.29, 1.82) is 0 Å². The van der Waals surface area contributed by atoms with Crippen LogP contribution in [0.4, 0.5) is 10.1 Å². The lowest BCUT2D eigenvalue weighted by atomic mass is 10.1. The molecule has 0 saturated carbocycles. The average Bonchev–Trinajstić information content (AvgIpc) is 2.92. The van der Waals surface area contributed by atoms with Crippen LogP contribution in [-0.4, -0.2) is 32.4 Å². The molecule has 0 aliphatic carbocycles. The van der Waals surface area contributed by atoms with Crippen molar-refractivity contribution in [2.45, 2.75) is 13.1 Å². The summed E-state index contributed by atoms with van der Waals surface area (Å²) in [5.74, 6) is -0.638. The average molecular weight is 288 g/mol. The van der Waals surface area contributed by atoms with E-state index in [0.717, 1.165) is 11.9 Å². The van der Waals surface area contributed by atoms with Gasteiger partial charge >= 0.3 is 5.97 Å². The highest BCUT2D eigenvalue weighted by molar-refractivity contribution is 5.85. The number of nitrogens with zero attached hydrogens (tertiary/aromatic N) is 4. The van der Waals surface area contributed by atoms with Gasteiger partial charge in [0.05, 0.1) is 12.2 Å². The van der Waals surface area contributed by atoms with E-state index in [-0.39, 0.29) is 5.82 Å². The van der Waals surface area contributed by atoms with E-state index in [1.54, 1.807) is 18.5 Å². The Balaban J connectivity index is 1.82. The molecule has 0 radical (unpaired) electrons. The monoisotopic (exact) mass is 288 g/mol. The molecule has 0 fully saturated rings. The van der Waals surface area contributed by atoms with Gasteiger partial charge in [-0.2, -0.15) is 0 Å². The first-order valence-corrected chi connectivity index (χ1v) is 6.45. The fourth-order valence-electron chi connectivity index (χ4n) is 2.32. The molecular weight excluding hydrogens is 275 g/mol. The van der Waals surface area contributed by atoms with E-state index in [9.17, 15) is 9.18 Å². The molecule has 1 aromatic heterocycles. The van der Waals surface area contributed by atoms with E-state index in [1.807, 2.05) is 9.47 Å². The fraction of sp³-hybridized carbons (Fsp3) is 0.214. The zero-order valence-electron chi connectivity index (χ0n) is 11.1. The second-order valence-electron chi connectivity index (χ2n) is 4.74. The molecule has 2 heterocycles. The molecule has 0 spiro atoms. The number of rotatable bonds is 3. The smallest absolute Gasteiger partial charge is 0.328 e. The van der Waals surface area contributed by atoms with Crippen molar-refractivity contribution in [3.05, 3.63) is 47.8 Å². The van der Waals surface area contributed by atoms with E-state index in [0.29, 0.717) is 30.9 Å². The van der Waals surface area contributed by atoms with Gasteiger partial charge in [-0.05, 0) is 23.8 Å². The van der Waals surface area contributed by atoms with Crippen LogP contribution >= 0.6 is 0 Å². The third kappa shape index (κ3) is 2.76. The molecule has 0 saturated heterocycles. The molecule has 1 aliphatic heterocycles. The number of halogens is 1. The molecule has 7 heteroatoms. The lowest BCUT2D eigenvalue weighted by Crippen LogP contribution is -2.34. The highest BCUT2D eigenvalue weighted by atomic mass is 19.1. The number of carbonyl (C=O) groups is 1. The van der Waals surface area contributed by atoms with Crippen molar-refractivity contribution in [3.8, 4) is 0 Å². The molecule has 0 unspecified atom stereocenters. The topological polar surface area (TPSA) is 71.2 Å². The molecule has 0 amide bonds. The Kier molecular flexibility index (Phi) is 3.39. The van der Waals surface area contributed by atoms with Crippen LogP contribution < -0.4 is 4.90 Å². The number of fused-ring (bicyclic) bond motifs is 1. The zero-order chi connectivity index (χ0) is 14.8. The van der Waals surface area contributed by atoms with Crippen molar-refractivity contribution in [1.82, 2.24) is 14.8 Å². The van der Waals surface area contributed by atoms with Gasteiger partial charge in [0, 0.05) is 19.2 Å². The number of anilines is 1. The lowest BCUT2D eigenvalue weighted by Gasteiger charge is -2.29. The molecule has 21 heavy (non-hydrogen) atoms. The Bertz CT molecular complexity index is 711. The molecule has 1 aliphatic rings. The summed E-state index contributed by atoms with van der Waals surface area (Å²) in [7, 11) is 0. The van der Waals surface area contributed by atoms with Crippen LogP contribution in [0.25, 0.3) is 6.08 Å². The molecule has 1 N–H and O–H groups in total. The van der Waals surface area contributed by atoms with Gasteiger partial charge in [0.15, 0.2) is 5.82 Å². The first-order chi connectivity index (χ1) is 10.1. The summed E-state index contributed by atoms with van der Waals surface area (Å²) >= 11 is 0. The molecule has 2 aromatic rings. The van der Waals surface area contributed by atoms with Crippen molar-refractivity contribution < 1.29 is 14.3 Å². The first kappa shape index (κ1) is 13.3. The van der Waals surface area contributed by atoms with E-state index in [2.05, 4.69) is 10.2 Å². The summed E-state index contributed by atoms with van der Waals surface area (Å²) in [6.07, 6.45) is 4.02.